The van der Waals surface area contributed by atoms with E-state index in [1.165, 1.54) is 17.7 Å². The predicted octanol–water partition coefficient (Wildman–Crippen LogP) is 5.21. The Bertz CT molecular complexity index is 847. The molecule has 0 amide bonds. The molecular weight excluding hydrogens is 331 g/mol. The molecule has 0 saturated heterocycles. The first-order valence-corrected chi connectivity index (χ1v) is 8.48. The number of hydrogen-bond donors (Lipinski definition) is 2. The van der Waals surface area contributed by atoms with Crippen molar-refractivity contribution in [2.24, 2.45) is 0 Å². The molecule has 3 rings (SSSR count). The molecule has 0 heterocycles. The molecule has 126 valence electrons. The third-order valence-electron chi connectivity index (χ3n) is 4.01. The fraction of sp³-hybridized carbons (Fsp3) is 0.0952. The molecular formula is C21H19FN2S. The summed E-state index contributed by atoms with van der Waals surface area (Å²) in [5.74, 6) is -0.272. The summed E-state index contributed by atoms with van der Waals surface area (Å²) in [5, 5.41) is 6.98. The maximum atomic E-state index is 13.0. The molecule has 0 aliphatic rings. The van der Waals surface area contributed by atoms with Crippen molar-refractivity contribution in [3.8, 4) is 0 Å². The third-order valence-corrected chi connectivity index (χ3v) is 4.23. The van der Waals surface area contributed by atoms with Crippen molar-refractivity contribution in [1.29, 1.82) is 0 Å². The lowest BCUT2D eigenvalue weighted by molar-refractivity contribution is 0.628. The minimum absolute atomic E-state index is 0.0668. The van der Waals surface area contributed by atoms with E-state index in [-0.39, 0.29) is 11.9 Å². The standard InChI is InChI=1S/C21H19FN2S/c1-15-7-5-6-10-19(15)20(16-8-3-2-4-9-16)24-21(25)23-18-13-11-17(22)12-14-18/h2-14,20H,1H3,(H2,23,24,25)/t20-/m1/s1. The van der Waals surface area contributed by atoms with Gasteiger partial charge in [-0.3, -0.25) is 0 Å². The van der Waals surface area contributed by atoms with E-state index < -0.39 is 0 Å². The molecule has 2 N–H and O–H groups in total. The van der Waals surface area contributed by atoms with Crippen LogP contribution in [0.3, 0.4) is 0 Å². The van der Waals surface area contributed by atoms with Crippen molar-refractivity contribution < 1.29 is 4.39 Å². The lowest BCUT2D eigenvalue weighted by atomic mass is 9.95. The summed E-state index contributed by atoms with van der Waals surface area (Å²) in [6.07, 6.45) is 0. The average Bonchev–Trinajstić information content (AvgIpc) is 2.63. The number of thiocarbonyl (C=S) groups is 1. The molecule has 0 aliphatic heterocycles. The SMILES string of the molecule is Cc1ccccc1[C@H](NC(=S)Nc1ccc(F)cc1)c1ccccc1. The number of rotatable bonds is 4. The molecule has 3 aromatic carbocycles. The van der Waals surface area contributed by atoms with Crippen LogP contribution < -0.4 is 10.6 Å². The van der Waals surface area contributed by atoms with Gasteiger partial charge in [0.15, 0.2) is 5.11 Å². The van der Waals surface area contributed by atoms with E-state index in [9.17, 15) is 4.39 Å². The second kappa shape index (κ2) is 7.90. The van der Waals surface area contributed by atoms with E-state index in [4.69, 9.17) is 12.2 Å². The first-order valence-electron chi connectivity index (χ1n) is 8.07. The van der Waals surface area contributed by atoms with E-state index >= 15 is 0 Å². The molecule has 0 saturated carbocycles. The molecule has 0 fully saturated rings. The topological polar surface area (TPSA) is 24.1 Å². The number of anilines is 1. The van der Waals surface area contributed by atoms with Gasteiger partial charge in [0, 0.05) is 5.69 Å². The Morgan fingerprint density at radius 1 is 0.880 bits per heavy atom. The van der Waals surface area contributed by atoms with Gasteiger partial charge in [0.05, 0.1) is 6.04 Å². The van der Waals surface area contributed by atoms with E-state index in [1.54, 1.807) is 12.1 Å². The van der Waals surface area contributed by atoms with E-state index in [1.807, 2.05) is 30.3 Å². The smallest absolute Gasteiger partial charge is 0.171 e. The van der Waals surface area contributed by atoms with Crippen molar-refractivity contribution in [1.82, 2.24) is 5.32 Å². The highest BCUT2D eigenvalue weighted by molar-refractivity contribution is 7.80. The van der Waals surface area contributed by atoms with Crippen molar-refractivity contribution >= 4 is 23.0 Å². The number of hydrogen-bond acceptors (Lipinski definition) is 1. The van der Waals surface area contributed by atoms with Crippen LogP contribution >= 0.6 is 12.2 Å². The molecule has 0 aliphatic carbocycles. The molecule has 0 radical (unpaired) electrons. The molecule has 2 nitrogen and oxygen atoms in total. The molecule has 0 unspecified atom stereocenters. The highest BCUT2D eigenvalue weighted by Gasteiger charge is 2.16. The highest BCUT2D eigenvalue weighted by Crippen LogP contribution is 2.25. The van der Waals surface area contributed by atoms with Gasteiger partial charge in [-0.25, -0.2) is 4.39 Å². The first-order chi connectivity index (χ1) is 12.1. The molecule has 1 atom stereocenters. The minimum Gasteiger partial charge on any atom is -0.352 e. The van der Waals surface area contributed by atoms with Crippen LogP contribution in [0.5, 0.6) is 0 Å². The van der Waals surface area contributed by atoms with Gasteiger partial charge in [0.1, 0.15) is 5.82 Å². The van der Waals surface area contributed by atoms with Crippen LogP contribution in [0.25, 0.3) is 0 Å². The number of nitrogens with one attached hydrogen (secondary N) is 2. The maximum absolute atomic E-state index is 13.0. The first kappa shape index (κ1) is 17.1. The van der Waals surface area contributed by atoms with Crippen LogP contribution in [-0.2, 0) is 0 Å². The minimum atomic E-state index is -0.272. The number of benzene rings is 3. The lowest BCUT2D eigenvalue weighted by Gasteiger charge is -2.23. The van der Waals surface area contributed by atoms with Crippen LogP contribution in [0, 0.1) is 12.7 Å². The van der Waals surface area contributed by atoms with Crippen LogP contribution in [0.2, 0.25) is 0 Å². The summed E-state index contributed by atoms with van der Waals surface area (Å²) in [5.41, 5.74) is 4.22. The summed E-state index contributed by atoms with van der Waals surface area (Å²) in [6.45, 7) is 2.09. The second-order valence-electron chi connectivity index (χ2n) is 5.81. The highest BCUT2D eigenvalue weighted by atomic mass is 32.1. The van der Waals surface area contributed by atoms with E-state index in [2.05, 4.69) is 41.8 Å². The summed E-state index contributed by atoms with van der Waals surface area (Å²) < 4.78 is 13.0. The lowest BCUT2D eigenvalue weighted by Crippen LogP contribution is -2.33. The molecule has 0 bridgehead atoms. The Hall–Kier alpha value is -2.72. The van der Waals surface area contributed by atoms with Gasteiger partial charge in [-0.2, -0.15) is 0 Å². The van der Waals surface area contributed by atoms with Crippen LogP contribution in [0.1, 0.15) is 22.7 Å². The van der Waals surface area contributed by atoms with Gasteiger partial charge in [0.25, 0.3) is 0 Å². The zero-order valence-electron chi connectivity index (χ0n) is 13.9. The number of aryl methyl sites for hydroxylation is 1. The van der Waals surface area contributed by atoms with Crippen molar-refractivity contribution in [2.75, 3.05) is 5.32 Å². The third kappa shape index (κ3) is 4.43. The van der Waals surface area contributed by atoms with Crippen molar-refractivity contribution in [3.63, 3.8) is 0 Å². The molecule has 4 heteroatoms. The average molecular weight is 350 g/mol. The van der Waals surface area contributed by atoms with Crippen LogP contribution in [-0.4, -0.2) is 5.11 Å². The van der Waals surface area contributed by atoms with Crippen LogP contribution in [0.4, 0.5) is 10.1 Å². The van der Waals surface area contributed by atoms with E-state index in [0.717, 1.165) is 16.8 Å². The van der Waals surface area contributed by atoms with Gasteiger partial charge in [0.2, 0.25) is 0 Å². The monoisotopic (exact) mass is 350 g/mol. The fourth-order valence-electron chi connectivity index (χ4n) is 2.73. The summed E-state index contributed by atoms with van der Waals surface area (Å²) in [7, 11) is 0. The molecule has 0 aromatic heterocycles. The van der Waals surface area contributed by atoms with Gasteiger partial charge < -0.3 is 10.6 Å². The zero-order valence-corrected chi connectivity index (χ0v) is 14.7. The van der Waals surface area contributed by atoms with Gasteiger partial charge >= 0.3 is 0 Å². The molecule has 3 aromatic rings. The van der Waals surface area contributed by atoms with Gasteiger partial charge in [-0.1, -0.05) is 54.6 Å². The molecule has 0 spiro atoms. The quantitative estimate of drug-likeness (QED) is 0.632. The zero-order chi connectivity index (χ0) is 17.6. The fourth-order valence-corrected chi connectivity index (χ4v) is 2.96. The number of halogens is 1. The summed E-state index contributed by atoms with van der Waals surface area (Å²) >= 11 is 5.47. The second-order valence-corrected chi connectivity index (χ2v) is 6.21. The Kier molecular flexibility index (Phi) is 5.41. The Morgan fingerprint density at radius 2 is 1.52 bits per heavy atom. The molecule has 25 heavy (non-hydrogen) atoms. The Labute approximate surface area is 152 Å². The van der Waals surface area contributed by atoms with Gasteiger partial charge in [-0.05, 0) is 60.1 Å². The summed E-state index contributed by atoms with van der Waals surface area (Å²) in [4.78, 5) is 0. The summed E-state index contributed by atoms with van der Waals surface area (Å²) in [6, 6.07) is 24.5. The normalized spacial score (nSPS) is 11.6. The van der Waals surface area contributed by atoms with Gasteiger partial charge in [-0.15, -0.1) is 0 Å². The van der Waals surface area contributed by atoms with Crippen molar-refractivity contribution in [2.45, 2.75) is 13.0 Å². The predicted molar refractivity (Wildman–Crippen MR) is 105 cm³/mol. The van der Waals surface area contributed by atoms with E-state index in [0.29, 0.717) is 5.11 Å². The Balaban J connectivity index is 1.84. The Morgan fingerprint density at radius 3 is 2.20 bits per heavy atom. The van der Waals surface area contributed by atoms with Crippen molar-refractivity contribution in [3.05, 3.63) is 101 Å². The van der Waals surface area contributed by atoms with Crippen LogP contribution in [0.15, 0.2) is 78.9 Å². The maximum Gasteiger partial charge on any atom is 0.171 e. The largest absolute Gasteiger partial charge is 0.352 e.